The van der Waals surface area contributed by atoms with Gasteiger partial charge in [-0.1, -0.05) is 35.1 Å². The standard InChI is InChI=1S/C21H19FN4O2S/c1-13-4-2-5-15(12-13)19-24-25-21(29-19)23-18(27)17-6-3-11-26(17)20(28)14-7-9-16(22)10-8-14/h2,4-5,7-10,12,17H,3,6,11H2,1H3,(H,23,25,27). The van der Waals surface area contributed by atoms with Gasteiger partial charge in [-0.3, -0.25) is 14.9 Å². The smallest absolute Gasteiger partial charge is 0.254 e. The summed E-state index contributed by atoms with van der Waals surface area (Å²) in [5.74, 6) is -0.969. The lowest BCUT2D eigenvalue weighted by Gasteiger charge is -2.23. The molecule has 0 radical (unpaired) electrons. The summed E-state index contributed by atoms with van der Waals surface area (Å²) in [7, 11) is 0. The maximum atomic E-state index is 13.1. The average Bonchev–Trinajstić information content (AvgIpc) is 3.38. The molecule has 6 nitrogen and oxygen atoms in total. The van der Waals surface area contributed by atoms with Crippen molar-refractivity contribution >= 4 is 28.3 Å². The Labute approximate surface area is 171 Å². The second-order valence-electron chi connectivity index (χ2n) is 6.93. The first-order valence-electron chi connectivity index (χ1n) is 9.29. The van der Waals surface area contributed by atoms with Crippen LogP contribution in [0.5, 0.6) is 0 Å². The molecular weight excluding hydrogens is 391 g/mol. The molecule has 148 valence electrons. The number of carbonyl (C=O) groups is 2. The van der Waals surface area contributed by atoms with Gasteiger partial charge in [0, 0.05) is 17.7 Å². The Balaban J connectivity index is 1.46. The van der Waals surface area contributed by atoms with Crippen LogP contribution in [0.25, 0.3) is 10.6 Å². The molecular formula is C21H19FN4O2S. The maximum absolute atomic E-state index is 13.1. The number of carbonyl (C=O) groups excluding carboxylic acids is 2. The second kappa shape index (κ2) is 8.08. The first-order chi connectivity index (χ1) is 14.0. The van der Waals surface area contributed by atoms with Crippen LogP contribution in [-0.4, -0.2) is 39.5 Å². The van der Waals surface area contributed by atoms with Crippen molar-refractivity contribution in [3.63, 3.8) is 0 Å². The summed E-state index contributed by atoms with van der Waals surface area (Å²) in [6.45, 7) is 2.49. The molecule has 1 atom stereocenters. The molecule has 2 amide bonds. The number of hydrogen-bond donors (Lipinski definition) is 1. The summed E-state index contributed by atoms with van der Waals surface area (Å²) in [5, 5.41) is 12.1. The van der Waals surface area contributed by atoms with Crippen LogP contribution >= 0.6 is 11.3 Å². The molecule has 0 bridgehead atoms. The monoisotopic (exact) mass is 410 g/mol. The van der Waals surface area contributed by atoms with Gasteiger partial charge in [0.05, 0.1) is 0 Å². The number of aromatic nitrogens is 2. The molecule has 1 unspecified atom stereocenters. The van der Waals surface area contributed by atoms with E-state index in [1.807, 2.05) is 31.2 Å². The molecule has 1 saturated heterocycles. The molecule has 0 spiro atoms. The molecule has 1 aromatic heterocycles. The van der Waals surface area contributed by atoms with Crippen molar-refractivity contribution in [1.82, 2.24) is 15.1 Å². The van der Waals surface area contributed by atoms with Crippen LogP contribution < -0.4 is 5.32 Å². The first kappa shape index (κ1) is 19.2. The van der Waals surface area contributed by atoms with E-state index in [1.165, 1.54) is 40.5 Å². The Morgan fingerprint density at radius 3 is 2.72 bits per heavy atom. The molecule has 0 aliphatic carbocycles. The van der Waals surface area contributed by atoms with E-state index in [9.17, 15) is 14.0 Å². The number of aryl methyl sites for hydroxylation is 1. The molecule has 1 fully saturated rings. The minimum Gasteiger partial charge on any atom is -0.327 e. The highest BCUT2D eigenvalue weighted by Gasteiger charge is 2.35. The molecule has 4 rings (SSSR count). The number of nitrogens with zero attached hydrogens (tertiary/aromatic N) is 3. The Hall–Kier alpha value is -3.13. The molecule has 1 aliphatic rings. The SMILES string of the molecule is Cc1cccc(-c2nnc(NC(=O)C3CCCN3C(=O)c3ccc(F)cc3)s2)c1. The van der Waals surface area contributed by atoms with Crippen LogP contribution in [0, 0.1) is 12.7 Å². The van der Waals surface area contributed by atoms with E-state index < -0.39 is 11.9 Å². The van der Waals surface area contributed by atoms with Gasteiger partial charge in [0.15, 0.2) is 0 Å². The topological polar surface area (TPSA) is 75.2 Å². The van der Waals surface area contributed by atoms with Crippen molar-refractivity contribution in [2.75, 3.05) is 11.9 Å². The van der Waals surface area contributed by atoms with Crippen LogP contribution in [0.1, 0.15) is 28.8 Å². The molecule has 1 aliphatic heterocycles. The predicted octanol–water partition coefficient (Wildman–Crippen LogP) is 3.90. The highest BCUT2D eigenvalue weighted by atomic mass is 32.1. The highest BCUT2D eigenvalue weighted by Crippen LogP contribution is 2.28. The number of benzene rings is 2. The van der Waals surface area contributed by atoms with Crippen LogP contribution in [-0.2, 0) is 4.79 Å². The van der Waals surface area contributed by atoms with Gasteiger partial charge in [-0.15, -0.1) is 10.2 Å². The van der Waals surface area contributed by atoms with Gasteiger partial charge in [-0.2, -0.15) is 0 Å². The molecule has 1 N–H and O–H groups in total. The Morgan fingerprint density at radius 1 is 1.17 bits per heavy atom. The van der Waals surface area contributed by atoms with E-state index in [4.69, 9.17) is 0 Å². The number of hydrogen-bond acceptors (Lipinski definition) is 5. The number of rotatable bonds is 4. The van der Waals surface area contributed by atoms with Gasteiger partial charge in [0.1, 0.15) is 16.9 Å². The van der Waals surface area contributed by atoms with E-state index in [-0.39, 0.29) is 11.8 Å². The van der Waals surface area contributed by atoms with Crippen LogP contribution in [0.3, 0.4) is 0 Å². The van der Waals surface area contributed by atoms with Crippen molar-refractivity contribution in [2.45, 2.75) is 25.8 Å². The van der Waals surface area contributed by atoms with E-state index in [2.05, 4.69) is 15.5 Å². The normalized spacial score (nSPS) is 16.1. The Bertz CT molecular complexity index is 1050. The summed E-state index contributed by atoms with van der Waals surface area (Å²) in [6, 6.07) is 12.7. The fourth-order valence-corrected chi connectivity index (χ4v) is 4.14. The summed E-state index contributed by atoms with van der Waals surface area (Å²) < 4.78 is 13.1. The van der Waals surface area contributed by atoms with E-state index in [0.717, 1.165) is 22.6 Å². The van der Waals surface area contributed by atoms with Gasteiger partial charge in [0.25, 0.3) is 5.91 Å². The number of anilines is 1. The van der Waals surface area contributed by atoms with Gasteiger partial charge in [-0.05, 0) is 50.1 Å². The fraction of sp³-hybridized carbons (Fsp3) is 0.238. The van der Waals surface area contributed by atoms with Crippen molar-refractivity contribution in [2.24, 2.45) is 0 Å². The van der Waals surface area contributed by atoms with E-state index in [1.54, 1.807) is 0 Å². The molecule has 2 heterocycles. The zero-order valence-electron chi connectivity index (χ0n) is 15.8. The van der Waals surface area contributed by atoms with Gasteiger partial charge < -0.3 is 4.90 Å². The fourth-order valence-electron chi connectivity index (χ4n) is 3.40. The zero-order valence-corrected chi connectivity index (χ0v) is 16.6. The number of amides is 2. The quantitative estimate of drug-likeness (QED) is 0.708. The first-order valence-corrected chi connectivity index (χ1v) is 10.1. The molecule has 8 heteroatoms. The third kappa shape index (κ3) is 4.17. The van der Waals surface area contributed by atoms with Crippen LogP contribution in [0.15, 0.2) is 48.5 Å². The largest absolute Gasteiger partial charge is 0.327 e. The van der Waals surface area contributed by atoms with Crippen molar-refractivity contribution in [3.05, 3.63) is 65.5 Å². The third-order valence-corrected chi connectivity index (χ3v) is 5.72. The number of nitrogens with one attached hydrogen (secondary N) is 1. The lowest BCUT2D eigenvalue weighted by atomic mass is 10.1. The van der Waals surface area contributed by atoms with Crippen molar-refractivity contribution < 1.29 is 14.0 Å². The summed E-state index contributed by atoms with van der Waals surface area (Å²) in [6.07, 6.45) is 1.30. The molecule has 0 saturated carbocycles. The maximum Gasteiger partial charge on any atom is 0.254 e. The van der Waals surface area contributed by atoms with Gasteiger partial charge in [0.2, 0.25) is 11.0 Å². The highest BCUT2D eigenvalue weighted by molar-refractivity contribution is 7.18. The van der Waals surface area contributed by atoms with Crippen LogP contribution in [0.4, 0.5) is 9.52 Å². The average molecular weight is 410 g/mol. The molecule has 3 aromatic rings. The Morgan fingerprint density at radius 2 is 1.97 bits per heavy atom. The zero-order chi connectivity index (χ0) is 20.4. The van der Waals surface area contributed by atoms with Crippen molar-refractivity contribution in [3.8, 4) is 10.6 Å². The molecule has 29 heavy (non-hydrogen) atoms. The lowest BCUT2D eigenvalue weighted by molar-refractivity contribution is -0.119. The minimum atomic E-state index is -0.584. The van der Waals surface area contributed by atoms with E-state index in [0.29, 0.717) is 23.7 Å². The summed E-state index contributed by atoms with van der Waals surface area (Å²) >= 11 is 1.29. The summed E-state index contributed by atoms with van der Waals surface area (Å²) in [4.78, 5) is 27.1. The molecule has 2 aromatic carbocycles. The van der Waals surface area contributed by atoms with Crippen molar-refractivity contribution in [1.29, 1.82) is 0 Å². The van der Waals surface area contributed by atoms with Gasteiger partial charge in [-0.25, -0.2) is 4.39 Å². The van der Waals surface area contributed by atoms with Gasteiger partial charge >= 0.3 is 0 Å². The Kier molecular flexibility index (Phi) is 5.35. The lowest BCUT2D eigenvalue weighted by Crippen LogP contribution is -2.43. The predicted molar refractivity (Wildman–Crippen MR) is 109 cm³/mol. The number of likely N-dealkylation sites (tertiary alicyclic amines) is 1. The summed E-state index contributed by atoms with van der Waals surface area (Å²) in [5.41, 5.74) is 2.42. The third-order valence-electron chi connectivity index (χ3n) is 4.83. The second-order valence-corrected chi connectivity index (χ2v) is 7.91. The van der Waals surface area contributed by atoms with Crippen LogP contribution in [0.2, 0.25) is 0 Å². The number of halogens is 1. The minimum absolute atomic E-state index is 0.277. The van der Waals surface area contributed by atoms with E-state index >= 15 is 0 Å².